The van der Waals surface area contributed by atoms with E-state index >= 15 is 0 Å². The van der Waals surface area contributed by atoms with Crippen LogP contribution in [0.15, 0.2) is 10.9 Å². The Bertz CT molecular complexity index is 1030. The zero-order chi connectivity index (χ0) is 22.0. The number of carbonyl (C=O) groups excluding carboxylic acids is 2. The van der Waals surface area contributed by atoms with E-state index in [9.17, 15) is 14.4 Å². The second-order valence-corrected chi connectivity index (χ2v) is 8.43. The minimum Gasteiger partial charge on any atom is -0.450 e. The number of ether oxygens (including phenoxy) is 1. The minimum absolute atomic E-state index is 0.0100. The van der Waals surface area contributed by atoms with Gasteiger partial charge in [0.25, 0.3) is 5.56 Å². The maximum atomic E-state index is 13.2. The first kappa shape index (κ1) is 21.4. The minimum atomic E-state index is -0.297. The highest BCUT2D eigenvalue weighted by Gasteiger charge is 2.25. The summed E-state index contributed by atoms with van der Waals surface area (Å²) in [5, 5.41) is 3.06. The molecule has 9 heteroatoms. The van der Waals surface area contributed by atoms with Crippen LogP contribution in [0.4, 0.5) is 4.79 Å². The molecule has 0 unspecified atom stereocenters. The lowest BCUT2D eigenvalue weighted by atomic mass is 10.1. The Morgan fingerprint density at radius 3 is 2.71 bits per heavy atom. The van der Waals surface area contributed by atoms with E-state index in [1.54, 1.807) is 21.0 Å². The predicted octanol–water partition coefficient (Wildman–Crippen LogP) is 1.97. The first-order chi connectivity index (χ1) is 15.0. The van der Waals surface area contributed by atoms with Gasteiger partial charge in [-0.25, -0.2) is 9.78 Å². The topological polar surface area (TPSA) is 98.5 Å². The summed E-state index contributed by atoms with van der Waals surface area (Å²) in [6.45, 7) is 5.95. The molecule has 4 heterocycles. The van der Waals surface area contributed by atoms with Crippen molar-refractivity contribution in [1.82, 2.24) is 24.3 Å². The molecular formula is C22H31N5O4. The van der Waals surface area contributed by atoms with Gasteiger partial charge in [0.2, 0.25) is 5.91 Å². The molecule has 2 aromatic rings. The Balaban J connectivity index is 1.46. The predicted molar refractivity (Wildman–Crippen MR) is 116 cm³/mol. The van der Waals surface area contributed by atoms with E-state index in [-0.39, 0.29) is 30.1 Å². The number of nitrogens with one attached hydrogen (secondary N) is 1. The van der Waals surface area contributed by atoms with Crippen molar-refractivity contribution in [3.63, 3.8) is 0 Å². The summed E-state index contributed by atoms with van der Waals surface area (Å²) < 4.78 is 8.61. The Morgan fingerprint density at radius 1 is 1.19 bits per heavy atom. The van der Waals surface area contributed by atoms with Gasteiger partial charge < -0.3 is 19.5 Å². The molecule has 2 aliphatic rings. The van der Waals surface area contributed by atoms with Gasteiger partial charge in [0.1, 0.15) is 17.9 Å². The highest BCUT2D eigenvalue weighted by molar-refractivity contribution is 5.81. The van der Waals surface area contributed by atoms with E-state index in [2.05, 4.69) is 5.32 Å². The summed E-state index contributed by atoms with van der Waals surface area (Å²) in [6, 6.07) is 1.91. The largest absolute Gasteiger partial charge is 0.450 e. The molecule has 1 saturated heterocycles. The van der Waals surface area contributed by atoms with Crippen molar-refractivity contribution in [1.29, 1.82) is 0 Å². The van der Waals surface area contributed by atoms with Gasteiger partial charge in [-0.15, -0.1) is 0 Å². The summed E-state index contributed by atoms with van der Waals surface area (Å²) in [5.41, 5.74) is 1.99. The standard InChI is InChI=1S/C22H31N5O4/c1-3-31-22(30)25-11-8-16(9-12-25)23-19(28)14-27-15(2)13-17-20(27)21(29)26-10-6-4-5-7-18(26)24-17/h13,16H,3-12,14H2,1-2H3,(H,23,28). The summed E-state index contributed by atoms with van der Waals surface area (Å²) in [5.74, 6) is 0.722. The zero-order valence-corrected chi connectivity index (χ0v) is 18.4. The number of hydrogen-bond acceptors (Lipinski definition) is 5. The van der Waals surface area contributed by atoms with E-state index in [1.165, 1.54) is 0 Å². The van der Waals surface area contributed by atoms with Crippen molar-refractivity contribution in [3.05, 3.63) is 27.9 Å². The number of hydrogen-bond donors (Lipinski definition) is 1. The van der Waals surface area contributed by atoms with Crippen molar-refractivity contribution >= 4 is 23.0 Å². The number of aryl methyl sites for hydroxylation is 2. The monoisotopic (exact) mass is 429 g/mol. The summed E-state index contributed by atoms with van der Waals surface area (Å²) in [4.78, 5) is 44.2. The number of amides is 2. The van der Waals surface area contributed by atoms with Gasteiger partial charge in [0, 0.05) is 37.8 Å². The molecule has 0 saturated carbocycles. The average Bonchev–Trinajstić information content (AvgIpc) is 2.90. The molecule has 0 spiro atoms. The van der Waals surface area contributed by atoms with E-state index in [1.807, 2.05) is 13.0 Å². The molecular weight excluding hydrogens is 398 g/mol. The molecule has 0 aromatic carbocycles. The molecule has 168 valence electrons. The normalized spacial score (nSPS) is 17.3. The van der Waals surface area contributed by atoms with E-state index in [0.717, 1.165) is 37.2 Å². The molecule has 0 atom stereocenters. The van der Waals surface area contributed by atoms with Crippen LogP contribution in [-0.4, -0.2) is 56.8 Å². The maximum Gasteiger partial charge on any atom is 0.409 e. The second-order valence-electron chi connectivity index (χ2n) is 8.43. The number of nitrogens with zero attached hydrogens (tertiary/aromatic N) is 4. The van der Waals surface area contributed by atoms with Gasteiger partial charge in [-0.1, -0.05) is 6.42 Å². The van der Waals surface area contributed by atoms with Gasteiger partial charge in [-0.05, 0) is 45.6 Å². The van der Waals surface area contributed by atoms with Crippen LogP contribution in [0.2, 0.25) is 0 Å². The fraction of sp³-hybridized carbons (Fsp3) is 0.636. The smallest absolute Gasteiger partial charge is 0.409 e. The molecule has 9 nitrogen and oxygen atoms in total. The number of aromatic nitrogens is 3. The molecule has 31 heavy (non-hydrogen) atoms. The quantitative estimate of drug-likeness (QED) is 0.801. The summed E-state index contributed by atoms with van der Waals surface area (Å²) in [6.07, 6.45) is 5.03. The van der Waals surface area contributed by atoms with Gasteiger partial charge >= 0.3 is 6.09 Å². The van der Waals surface area contributed by atoms with Gasteiger partial charge in [-0.2, -0.15) is 0 Å². The highest BCUT2D eigenvalue weighted by atomic mass is 16.6. The van der Waals surface area contributed by atoms with Crippen molar-refractivity contribution in [3.8, 4) is 0 Å². The summed E-state index contributed by atoms with van der Waals surface area (Å²) >= 11 is 0. The lowest BCUT2D eigenvalue weighted by Gasteiger charge is -2.31. The molecule has 1 fully saturated rings. The first-order valence-electron chi connectivity index (χ1n) is 11.3. The van der Waals surface area contributed by atoms with Crippen LogP contribution in [0.3, 0.4) is 0 Å². The molecule has 0 aliphatic carbocycles. The summed E-state index contributed by atoms with van der Waals surface area (Å²) in [7, 11) is 0. The van der Waals surface area contributed by atoms with Crippen LogP contribution in [0.5, 0.6) is 0 Å². The second kappa shape index (κ2) is 9.11. The fourth-order valence-corrected chi connectivity index (χ4v) is 4.61. The van der Waals surface area contributed by atoms with Crippen LogP contribution in [0, 0.1) is 6.92 Å². The van der Waals surface area contributed by atoms with Gasteiger partial charge in [-0.3, -0.25) is 14.2 Å². The van der Waals surface area contributed by atoms with E-state index in [0.29, 0.717) is 50.1 Å². The zero-order valence-electron chi connectivity index (χ0n) is 18.4. The third-order valence-corrected chi connectivity index (χ3v) is 6.26. The molecule has 4 rings (SSSR count). The first-order valence-corrected chi connectivity index (χ1v) is 11.3. The molecule has 2 aromatic heterocycles. The third-order valence-electron chi connectivity index (χ3n) is 6.26. The van der Waals surface area contributed by atoms with Gasteiger partial charge in [0.05, 0.1) is 12.1 Å². The number of likely N-dealkylation sites (tertiary alicyclic amines) is 1. The molecule has 0 radical (unpaired) electrons. The van der Waals surface area contributed by atoms with Crippen molar-refractivity contribution in [2.24, 2.45) is 0 Å². The molecule has 2 amide bonds. The van der Waals surface area contributed by atoms with Crippen molar-refractivity contribution in [2.75, 3.05) is 19.7 Å². The fourth-order valence-electron chi connectivity index (χ4n) is 4.61. The lowest BCUT2D eigenvalue weighted by molar-refractivity contribution is -0.122. The molecule has 0 bridgehead atoms. The van der Waals surface area contributed by atoms with Crippen LogP contribution in [-0.2, 0) is 29.0 Å². The number of fused-ring (bicyclic) bond motifs is 2. The van der Waals surface area contributed by atoms with E-state index < -0.39 is 0 Å². The highest BCUT2D eigenvalue weighted by Crippen LogP contribution is 2.19. The number of piperidine rings is 1. The Kier molecular flexibility index (Phi) is 6.29. The molecule has 2 aliphatic heterocycles. The Labute approximate surface area is 181 Å². The van der Waals surface area contributed by atoms with Crippen molar-refractivity contribution in [2.45, 2.75) is 71.5 Å². The van der Waals surface area contributed by atoms with Crippen LogP contribution < -0.4 is 10.9 Å². The Morgan fingerprint density at radius 2 is 1.97 bits per heavy atom. The SMILES string of the molecule is CCOC(=O)N1CCC(NC(=O)Cn2c(C)cc3nc4n(c(=O)c32)CCCCC4)CC1. The van der Waals surface area contributed by atoms with Crippen LogP contribution in [0.25, 0.3) is 11.0 Å². The van der Waals surface area contributed by atoms with E-state index in [4.69, 9.17) is 9.72 Å². The van der Waals surface area contributed by atoms with Crippen molar-refractivity contribution < 1.29 is 14.3 Å². The maximum absolute atomic E-state index is 13.2. The third kappa shape index (κ3) is 4.45. The van der Waals surface area contributed by atoms with Crippen LogP contribution >= 0.6 is 0 Å². The van der Waals surface area contributed by atoms with Gasteiger partial charge in [0.15, 0.2) is 0 Å². The number of carbonyl (C=O) groups is 2. The van der Waals surface area contributed by atoms with Crippen LogP contribution in [0.1, 0.15) is 50.5 Å². The molecule has 1 N–H and O–H groups in total. The number of rotatable bonds is 4. The lowest BCUT2D eigenvalue weighted by Crippen LogP contribution is -2.47. The Hall–Kier alpha value is -2.84. The average molecular weight is 430 g/mol.